The van der Waals surface area contributed by atoms with E-state index in [4.69, 9.17) is 4.74 Å². The van der Waals surface area contributed by atoms with Crippen molar-refractivity contribution in [3.63, 3.8) is 0 Å². The Hall–Kier alpha value is -1.55. The molecule has 0 saturated heterocycles. The van der Waals surface area contributed by atoms with Crippen LogP contribution in [0.2, 0.25) is 0 Å². The van der Waals surface area contributed by atoms with E-state index in [0.717, 1.165) is 38.3 Å². The van der Waals surface area contributed by atoms with Crippen LogP contribution in [-0.2, 0) is 7.05 Å². The molecule has 4 heteroatoms. The molecule has 2 rings (SSSR count). The van der Waals surface area contributed by atoms with E-state index in [9.17, 15) is 4.79 Å². The molecule has 0 saturated carbocycles. The van der Waals surface area contributed by atoms with Crippen LogP contribution in [0.1, 0.15) is 32.9 Å². The zero-order valence-electron chi connectivity index (χ0n) is 13.1. The topological polar surface area (TPSA) is 31.2 Å². The molecule has 0 fully saturated rings. The maximum atomic E-state index is 12.3. The Morgan fingerprint density at radius 2 is 1.71 bits per heavy atom. The third kappa shape index (κ3) is 3.21. The van der Waals surface area contributed by atoms with Crippen LogP contribution in [0.15, 0.2) is 22.7 Å². The van der Waals surface area contributed by atoms with Gasteiger partial charge in [-0.3, -0.25) is 4.79 Å². The van der Waals surface area contributed by atoms with Crippen LogP contribution in [-0.4, -0.2) is 17.0 Å². The maximum Gasteiger partial charge on any atom is 0.202 e. The molecule has 0 spiro atoms. The van der Waals surface area contributed by atoms with Crippen molar-refractivity contribution in [2.45, 2.75) is 27.7 Å². The van der Waals surface area contributed by atoms with Gasteiger partial charge < -0.3 is 9.30 Å². The molecule has 0 aliphatic rings. The van der Waals surface area contributed by atoms with Crippen LogP contribution >= 0.6 is 15.9 Å². The van der Waals surface area contributed by atoms with E-state index in [1.54, 1.807) is 0 Å². The zero-order chi connectivity index (χ0) is 15.7. The first kappa shape index (κ1) is 15.8. The van der Waals surface area contributed by atoms with Crippen molar-refractivity contribution in [2.24, 2.45) is 7.05 Å². The van der Waals surface area contributed by atoms with Gasteiger partial charge >= 0.3 is 0 Å². The zero-order valence-corrected chi connectivity index (χ0v) is 14.7. The van der Waals surface area contributed by atoms with Gasteiger partial charge in [0.15, 0.2) is 6.61 Å². The van der Waals surface area contributed by atoms with Gasteiger partial charge in [0.2, 0.25) is 5.78 Å². The lowest BCUT2D eigenvalue weighted by atomic mass is 10.1. The van der Waals surface area contributed by atoms with Gasteiger partial charge in [-0.15, -0.1) is 0 Å². The number of ether oxygens (including phenoxy) is 1. The van der Waals surface area contributed by atoms with Crippen molar-refractivity contribution in [1.82, 2.24) is 4.57 Å². The highest BCUT2D eigenvalue weighted by molar-refractivity contribution is 9.10. The van der Waals surface area contributed by atoms with Crippen molar-refractivity contribution in [3.05, 3.63) is 50.8 Å². The molecular formula is C17H20BrNO2. The summed E-state index contributed by atoms with van der Waals surface area (Å²) < 4.78 is 8.76. The second kappa shape index (κ2) is 6.06. The van der Waals surface area contributed by atoms with Crippen molar-refractivity contribution in [2.75, 3.05) is 6.61 Å². The van der Waals surface area contributed by atoms with Crippen molar-refractivity contribution in [1.29, 1.82) is 0 Å². The molecule has 0 atom stereocenters. The first-order chi connectivity index (χ1) is 9.81. The van der Waals surface area contributed by atoms with Gasteiger partial charge in [-0.05, 0) is 57.0 Å². The average molecular weight is 350 g/mol. The molecule has 21 heavy (non-hydrogen) atoms. The molecule has 1 aromatic carbocycles. The molecule has 112 valence electrons. The lowest BCUT2D eigenvalue weighted by Gasteiger charge is -2.10. The van der Waals surface area contributed by atoms with E-state index < -0.39 is 0 Å². The number of benzene rings is 1. The van der Waals surface area contributed by atoms with Crippen LogP contribution < -0.4 is 4.74 Å². The number of rotatable bonds is 4. The third-order valence-electron chi connectivity index (χ3n) is 3.86. The molecule has 0 amide bonds. The number of ketones is 1. The van der Waals surface area contributed by atoms with Crippen LogP contribution in [0.5, 0.6) is 5.75 Å². The quantitative estimate of drug-likeness (QED) is 0.771. The SMILES string of the molecule is Cc1cc(OCC(=O)c2cc(C)n(C)c2C)cc(C)c1Br. The van der Waals surface area contributed by atoms with Gasteiger partial charge in [-0.2, -0.15) is 0 Å². The summed E-state index contributed by atoms with van der Waals surface area (Å²) in [7, 11) is 1.96. The molecule has 2 aromatic rings. The van der Waals surface area contributed by atoms with Gasteiger partial charge in [0.25, 0.3) is 0 Å². The minimum absolute atomic E-state index is 0.00873. The summed E-state index contributed by atoms with van der Waals surface area (Å²) in [6, 6.07) is 5.79. The summed E-state index contributed by atoms with van der Waals surface area (Å²) in [5.41, 5.74) is 4.99. The highest BCUT2D eigenvalue weighted by Crippen LogP contribution is 2.26. The fraction of sp³-hybridized carbons (Fsp3) is 0.353. The van der Waals surface area contributed by atoms with Gasteiger partial charge in [0, 0.05) is 28.5 Å². The number of aryl methyl sites for hydroxylation is 3. The Labute approximate surface area is 134 Å². The molecular weight excluding hydrogens is 330 g/mol. The molecule has 3 nitrogen and oxygen atoms in total. The Morgan fingerprint density at radius 1 is 1.14 bits per heavy atom. The Balaban J connectivity index is 2.13. The predicted octanol–water partition coefficient (Wildman–Crippen LogP) is 4.28. The maximum absolute atomic E-state index is 12.3. The van der Waals surface area contributed by atoms with Crippen molar-refractivity contribution >= 4 is 21.7 Å². The summed E-state index contributed by atoms with van der Waals surface area (Å²) in [6.45, 7) is 8.03. The number of carbonyl (C=O) groups excluding carboxylic acids is 1. The minimum atomic E-state index is 0.00873. The fourth-order valence-electron chi connectivity index (χ4n) is 2.35. The number of nitrogens with zero attached hydrogens (tertiary/aromatic N) is 1. The van der Waals surface area contributed by atoms with Gasteiger partial charge in [0.05, 0.1) is 0 Å². The highest BCUT2D eigenvalue weighted by atomic mass is 79.9. The monoisotopic (exact) mass is 349 g/mol. The van der Waals surface area contributed by atoms with E-state index in [-0.39, 0.29) is 12.4 Å². The largest absolute Gasteiger partial charge is 0.485 e. The summed E-state index contributed by atoms with van der Waals surface area (Å²) in [5, 5.41) is 0. The van der Waals surface area contributed by atoms with E-state index in [0.29, 0.717) is 0 Å². The Morgan fingerprint density at radius 3 is 2.19 bits per heavy atom. The smallest absolute Gasteiger partial charge is 0.202 e. The molecule has 0 aliphatic heterocycles. The predicted molar refractivity (Wildman–Crippen MR) is 88.3 cm³/mol. The number of Topliss-reactive ketones (excluding diaryl/α,β-unsaturated/α-hetero) is 1. The highest BCUT2D eigenvalue weighted by Gasteiger charge is 2.15. The number of halogens is 1. The molecule has 1 heterocycles. The van der Waals surface area contributed by atoms with Crippen LogP contribution in [0.3, 0.4) is 0 Å². The average Bonchev–Trinajstić information content (AvgIpc) is 2.69. The van der Waals surface area contributed by atoms with Crippen molar-refractivity contribution in [3.8, 4) is 5.75 Å². The fourth-order valence-corrected chi connectivity index (χ4v) is 2.58. The molecule has 0 bridgehead atoms. The second-order valence-corrected chi connectivity index (χ2v) is 6.22. The number of aromatic nitrogens is 1. The third-order valence-corrected chi connectivity index (χ3v) is 5.11. The molecule has 0 N–H and O–H groups in total. The van der Waals surface area contributed by atoms with E-state index in [2.05, 4.69) is 15.9 Å². The number of hydrogen-bond donors (Lipinski definition) is 0. The summed E-state index contributed by atoms with van der Waals surface area (Å²) in [5.74, 6) is 0.737. The van der Waals surface area contributed by atoms with Gasteiger partial charge in [-0.1, -0.05) is 15.9 Å². The lowest BCUT2D eigenvalue weighted by molar-refractivity contribution is 0.0920. The summed E-state index contributed by atoms with van der Waals surface area (Å²) in [6.07, 6.45) is 0. The van der Waals surface area contributed by atoms with E-state index >= 15 is 0 Å². The Bertz CT molecular complexity index is 678. The second-order valence-electron chi connectivity index (χ2n) is 5.43. The molecule has 0 radical (unpaired) electrons. The van der Waals surface area contributed by atoms with Crippen molar-refractivity contribution < 1.29 is 9.53 Å². The van der Waals surface area contributed by atoms with E-state index in [1.165, 1.54) is 0 Å². The molecule has 1 aromatic heterocycles. The molecule has 0 unspecified atom stereocenters. The van der Waals surface area contributed by atoms with Crippen LogP contribution in [0, 0.1) is 27.7 Å². The minimum Gasteiger partial charge on any atom is -0.485 e. The summed E-state index contributed by atoms with van der Waals surface area (Å²) in [4.78, 5) is 12.3. The number of hydrogen-bond acceptors (Lipinski definition) is 2. The van der Waals surface area contributed by atoms with E-state index in [1.807, 2.05) is 57.5 Å². The first-order valence-corrected chi connectivity index (χ1v) is 7.66. The lowest BCUT2D eigenvalue weighted by Crippen LogP contribution is -2.12. The first-order valence-electron chi connectivity index (χ1n) is 6.87. The standard InChI is InChI=1S/C17H20BrNO2/c1-10-6-14(7-11(2)17(10)18)21-9-16(20)15-8-12(3)19(5)13(15)4/h6-8H,9H2,1-5H3. The Kier molecular flexibility index (Phi) is 4.57. The molecule has 0 aliphatic carbocycles. The van der Waals surface area contributed by atoms with Gasteiger partial charge in [-0.25, -0.2) is 0 Å². The van der Waals surface area contributed by atoms with Gasteiger partial charge in [0.1, 0.15) is 5.75 Å². The number of carbonyl (C=O) groups is 1. The summed E-state index contributed by atoms with van der Waals surface area (Å²) >= 11 is 3.53. The van der Waals surface area contributed by atoms with Crippen LogP contribution in [0.25, 0.3) is 0 Å². The normalized spacial score (nSPS) is 10.8. The van der Waals surface area contributed by atoms with Crippen LogP contribution in [0.4, 0.5) is 0 Å².